The monoisotopic (exact) mass is 478 g/mol. The number of alkyl halides is 1. The molecule has 3 rings (SSSR count). The maximum absolute atomic E-state index is 12.4. The third-order valence-electron chi connectivity index (χ3n) is 5.85. The fraction of sp³-hybridized carbons (Fsp3) is 0.320. The molecule has 0 fully saturated rings. The summed E-state index contributed by atoms with van der Waals surface area (Å²) in [6.07, 6.45) is 3.03. The predicted octanol–water partition coefficient (Wildman–Crippen LogP) is 5.03. The molecule has 0 spiro atoms. The van der Waals surface area contributed by atoms with Crippen LogP contribution >= 0.6 is 15.9 Å². The van der Waals surface area contributed by atoms with Gasteiger partial charge in [-0.3, -0.25) is 4.79 Å². The SMILES string of the molecule is COCCC1(CCOC)c2cc(C=C(C#N)C#N)ccc2-c2ccc(C(=O)CBr)cc21. The van der Waals surface area contributed by atoms with E-state index < -0.39 is 5.41 Å². The first-order valence-electron chi connectivity index (χ1n) is 9.93. The number of hydrogen-bond donors (Lipinski definition) is 0. The van der Waals surface area contributed by atoms with Gasteiger partial charge in [0.25, 0.3) is 0 Å². The van der Waals surface area contributed by atoms with Gasteiger partial charge < -0.3 is 9.47 Å². The van der Waals surface area contributed by atoms with Crippen molar-refractivity contribution in [2.24, 2.45) is 0 Å². The van der Waals surface area contributed by atoms with Gasteiger partial charge >= 0.3 is 0 Å². The van der Waals surface area contributed by atoms with E-state index in [-0.39, 0.29) is 16.7 Å². The Morgan fingerprint density at radius 3 is 2.13 bits per heavy atom. The lowest BCUT2D eigenvalue weighted by atomic mass is 9.72. The topological polar surface area (TPSA) is 83.1 Å². The second kappa shape index (κ2) is 10.0. The molecule has 2 aromatic carbocycles. The third kappa shape index (κ3) is 4.34. The summed E-state index contributed by atoms with van der Waals surface area (Å²) in [6.45, 7) is 1.09. The lowest BCUT2D eigenvalue weighted by Crippen LogP contribution is -2.29. The molecule has 2 aromatic rings. The number of nitriles is 2. The average molecular weight is 479 g/mol. The van der Waals surface area contributed by atoms with Crippen LogP contribution in [-0.4, -0.2) is 38.5 Å². The van der Waals surface area contributed by atoms with E-state index in [2.05, 4.69) is 15.9 Å². The number of allylic oxidation sites excluding steroid dienone is 1. The van der Waals surface area contributed by atoms with Crippen molar-refractivity contribution in [3.05, 3.63) is 64.2 Å². The first-order valence-corrected chi connectivity index (χ1v) is 11.0. The lowest BCUT2D eigenvalue weighted by molar-refractivity contribution is 0.102. The Kier molecular flexibility index (Phi) is 7.41. The predicted molar refractivity (Wildman–Crippen MR) is 123 cm³/mol. The standard InChI is InChI=1S/C25H23BrN2O3/c1-30-9-7-25(8-10-31-2)22-12-17(11-18(15-27)16-28)3-5-20(22)21-6-4-19(13-23(21)25)24(29)14-26/h3-6,11-13H,7-10,14H2,1-2H3. The number of Topliss-reactive ketones (excluding diaryl/α,β-unsaturated/α-hetero) is 1. The fourth-order valence-electron chi connectivity index (χ4n) is 4.33. The highest BCUT2D eigenvalue weighted by Gasteiger charge is 2.43. The summed E-state index contributed by atoms with van der Waals surface area (Å²) in [5.41, 5.74) is 5.48. The van der Waals surface area contributed by atoms with Gasteiger partial charge in [0, 0.05) is 38.4 Å². The van der Waals surface area contributed by atoms with Crippen molar-refractivity contribution in [1.29, 1.82) is 10.5 Å². The van der Waals surface area contributed by atoms with Gasteiger partial charge in [0.15, 0.2) is 5.78 Å². The molecule has 1 aliphatic rings. The number of halogens is 1. The Hall–Kier alpha value is -2.77. The highest BCUT2D eigenvalue weighted by Crippen LogP contribution is 2.53. The van der Waals surface area contributed by atoms with E-state index in [4.69, 9.17) is 20.0 Å². The zero-order chi connectivity index (χ0) is 22.4. The van der Waals surface area contributed by atoms with Crippen LogP contribution in [0.4, 0.5) is 0 Å². The minimum Gasteiger partial charge on any atom is -0.385 e. The second-order valence-corrected chi connectivity index (χ2v) is 8.03. The van der Waals surface area contributed by atoms with E-state index >= 15 is 0 Å². The molecule has 0 bridgehead atoms. The molecule has 0 radical (unpaired) electrons. The van der Waals surface area contributed by atoms with Crippen molar-refractivity contribution < 1.29 is 14.3 Å². The molecule has 6 heteroatoms. The van der Waals surface area contributed by atoms with Gasteiger partial charge in [-0.25, -0.2) is 0 Å². The van der Waals surface area contributed by atoms with E-state index in [0.29, 0.717) is 18.8 Å². The molecule has 0 unspecified atom stereocenters. The first-order chi connectivity index (χ1) is 15.0. The summed E-state index contributed by atoms with van der Waals surface area (Å²) >= 11 is 3.27. The van der Waals surface area contributed by atoms with Gasteiger partial charge in [0.05, 0.1) is 5.33 Å². The van der Waals surface area contributed by atoms with Crippen LogP contribution in [0.25, 0.3) is 17.2 Å². The largest absolute Gasteiger partial charge is 0.385 e. The van der Waals surface area contributed by atoms with Crippen LogP contribution in [0.5, 0.6) is 0 Å². The third-order valence-corrected chi connectivity index (χ3v) is 6.35. The minimum absolute atomic E-state index is 0.0300. The van der Waals surface area contributed by atoms with Gasteiger partial charge in [-0.15, -0.1) is 0 Å². The lowest BCUT2D eigenvalue weighted by Gasteiger charge is -2.32. The number of fused-ring (bicyclic) bond motifs is 3. The Morgan fingerprint density at radius 1 is 1.00 bits per heavy atom. The van der Waals surface area contributed by atoms with Crippen molar-refractivity contribution >= 4 is 27.8 Å². The van der Waals surface area contributed by atoms with Gasteiger partial charge in [-0.05, 0) is 52.8 Å². The van der Waals surface area contributed by atoms with E-state index in [1.165, 1.54) is 0 Å². The van der Waals surface area contributed by atoms with Crippen LogP contribution in [0.1, 0.15) is 39.9 Å². The van der Waals surface area contributed by atoms with Crippen LogP contribution in [-0.2, 0) is 14.9 Å². The summed E-state index contributed by atoms with van der Waals surface area (Å²) in [5, 5.41) is 18.6. The number of carbonyl (C=O) groups is 1. The van der Waals surface area contributed by atoms with Crippen molar-refractivity contribution in [3.8, 4) is 23.3 Å². The fourth-order valence-corrected chi connectivity index (χ4v) is 4.65. The molecular formula is C25H23BrN2O3. The minimum atomic E-state index is -0.400. The van der Waals surface area contributed by atoms with Crippen LogP contribution in [0, 0.1) is 22.7 Å². The van der Waals surface area contributed by atoms with E-state index in [9.17, 15) is 4.79 Å². The summed E-state index contributed by atoms with van der Waals surface area (Å²) < 4.78 is 10.9. The zero-order valence-corrected chi connectivity index (χ0v) is 19.2. The number of nitrogens with zero attached hydrogens (tertiary/aromatic N) is 2. The molecule has 0 saturated heterocycles. The summed E-state index contributed by atoms with van der Waals surface area (Å²) in [6, 6.07) is 15.7. The molecule has 0 heterocycles. The van der Waals surface area contributed by atoms with Gasteiger partial charge in [0.2, 0.25) is 0 Å². The normalized spacial score (nSPS) is 12.9. The first kappa shape index (κ1) is 22.9. The number of carbonyl (C=O) groups excluding carboxylic acids is 1. The van der Waals surface area contributed by atoms with Crippen LogP contribution in [0.2, 0.25) is 0 Å². The Morgan fingerprint density at radius 2 is 1.58 bits per heavy atom. The van der Waals surface area contributed by atoms with Gasteiger partial charge in [-0.1, -0.05) is 46.3 Å². The van der Waals surface area contributed by atoms with Crippen molar-refractivity contribution in [1.82, 2.24) is 0 Å². The van der Waals surface area contributed by atoms with E-state index in [1.54, 1.807) is 20.3 Å². The molecule has 158 valence electrons. The number of ketones is 1. The molecule has 0 amide bonds. The smallest absolute Gasteiger partial charge is 0.173 e. The van der Waals surface area contributed by atoms with Gasteiger partial charge in [-0.2, -0.15) is 10.5 Å². The Bertz CT molecular complexity index is 1080. The van der Waals surface area contributed by atoms with Crippen molar-refractivity contribution in [2.45, 2.75) is 18.3 Å². The highest BCUT2D eigenvalue weighted by atomic mass is 79.9. The maximum atomic E-state index is 12.4. The number of ether oxygens (including phenoxy) is 2. The highest BCUT2D eigenvalue weighted by molar-refractivity contribution is 9.09. The van der Waals surface area contributed by atoms with Crippen molar-refractivity contribution in [3.63, 3.8) is 0 Å². The number of methoxy groups -OCH3 is 2. The Labute approximate surface area is 191 Å². The van der Waals surface area contributed by atoms with Crippen LogP contribution in [0.15, 0.2) is 42.0 Å². The number of hydrogen-bond acceptors (Lipinski definition) is 5. The van der Waals surface area contributed by atoms with Crippen LogP contribution in [0.3, 0.4) is 0 Å². The number of rotatable bonds is 9. The maximum Gasteiger partial charge on any atom is 0.173 e. The molecular weight excluding hydrogens is 456 g/mol. The quantitative estimate of drug-likeness (QED) is 0.286. The summed E-state index contributed by atoms with van der Waals surface area (Å²) in [5.74, 6) is 0.0300. The molecule has 0 aliphatic heterocycles. The molecule has 5 nitrogen and oxygen atoms in total. The molecule has 0 saturated carbocycles. The summed E-state index contributed by atoms with van der Waals surface area (Å²) in [7, 11) is 3.35. The van der Waals surface area contributed by atoms with E-state index in [1.807, 2.05) is 48.5 Å². The molecule has 0 N–H and O–H groups in total. The van der Waals surface area contributed by atoms with Gasteiger partial charge in [0.1, 0.15) is 17.7 Å². The summed E-state index contributed by atoms with van der Waals surface area (Å²) in [4.78, 5) is 12.4. The average Bonchev–Trinajstić information content (AvgIpc) is 3.08. The van der Waals surface area contributed by atoms with Crippen LogP contribution < -0.4 is 0 Å². The Balaban J connectivity index is 2.26. The molecule has 31 heavy (non-hydrogen) atoms. The zero-order valence-electron chi connectivity index (χ0n) is 17.6. The van der Waals surface area contributed by atoms with E-state index in [0.717, 1.165) is 40.7 Å². The second-order valence-electron chi connectivity index (χ2n) is 7.47. The molecule has 0 aromatic heterocycles. The molecule has 1 aliphatic carbocycles. The number of benzene rings is 2. The molecule has 0 atom stereocenters. The van der Waals surface area contributed by atoms with Crippen molar-refractivity contribution in [2.75, 3.05) is 32.8 Å².